The lowest BCUT2D eigenvalue weighted by atomic mass is 9.99. The van der Waals surface area contributed by atoms with E-state index in [1.165, 1.54) is 0 Å². The van der Waals surface area contributed by atoms with Crippen molar-refractivity contribution in [3.8, 4) is 11.1 Å². The minimum Gasteiger partial charge on any atom is -0.422 e. The fraction of sp³-hybridized carbons (Fsp3) is 0.211. The quantitative estimate of drug-likeness (QED) is 0.705. The normalized spacial score (nSPS) is 11.1. The van der Waals surface area contributed by atoms with Crippen LogP contribution in [0.2, 0.25) is 0 Å². The molecular weight excluding hydrogens is 308 g/mol. The van der Waals surface area contributed by atoms with E-state index in [0.29, 0.717) is 23.3 Å². The van der Waals surface area contributed by atoms with Gasteiger partial charge in [-0.25, -0.2) is 4.79 Å². The topological polar surface area (TPSA) is 79.9 Å². The fourth-order valence-electron chi connectivity index (χ4n) is 2.75. The SMILES string of the molecule is COCc1c(CO)ccc2oc(=O)c(-c3ccc(CO)cc3)cc12. The highest BCUT2D eigenvalue weighted by Crippen LogP contribution is 2.27. The highest BCUT2D eigenvalue weighted by molar-refractivity contribution is 5.85. The number of hydrogen-bond acceptors (Lipinski definition) is 5. The van der Waals surface area contributed by atoms with Crippen molar-refractivity contribution in [3.05, 3.63) is 69.6 Å². The molecule has 0 amide bonds. The molecule has 5 nitrogen and oxygen atoms in total. The zero-order valence-electron chi connectivity index (χ0n) is 13.3. The van der Waals surface area contributed by atoms with Gasteiger partial charge in [0.25, 0.3) is 0 Å². The van der Waals surface area contributed by atoms with Gasteiger partial charge in [-0.2, -0.15) is 0 Å². The molecule has 2 N–H and O–H groups in total. The van der Waals surface area contributed by atoms with Crippen LogP contribution in [0.4, 0.5) is 0 Å². The summed E-state index contributed by atoms with van der Waals surface area (Å²) < 4.78 is 10.7. The minimum atomic E-state index is -0.431. The zero-order valence-corrected chi connectivity index (χ0v) is 13.3. The Bertz CT molecular complexity index is 909. The Hall–Kier alpha value is -2.47. The average Bonchev–Trinajstić information content (AvgIpc) is 2.62. The standard InChI is InChI=1S/C19H18O5/c1-23-11-17-14(10-21)6-7-18-16(17)8-15(19(22)24-18)13-4-2-12(9-20)3-5-13/h2-8,20-21H,9-11H2,1H3. The first-order chi connectivity index (χ1) is 11.7. The molecule has 0 aliphatic rings. The molecule has 1 heterocycles. The van der Waals surface area contributed by atoms with Gasteiger partial charge in [-0.3, -0.25) is 0 Å². The summed E-state index contributed by atoms with van der Waals surface area (Å²) >= 11 is 0. The molecule has 124 valence electrons. The zero-order chi connectivity index (χ0) is 17.1. The van der Waals surface area contributed by atoms with Crippen LogP contribution >= 0.6 is 0 Å². The van der Waals surface area contributed by atoms with E-state index in [9.17, 15) is 9.90 Å². The Balaban J connectivity index is 2.23. The van der Waals surface area contributed by atoms with Crippen molar-refractivity contribution >= 4 is 11.0 Å². The van der Waals surface area contributed by atoms with E-state index in [4.69, 9.17) is 14.3 Å². The van der Waals surface area contributed by atoms with Crippen LogP contribution in [0.15, 0.2) is 51.7 Å². The van der Waals surface area contributed by atoms with Gasteiger partial charge in [-0.05, 0) is 34.4 Å². The Morgan fingerprint density at radius 2 is 1.79 bits per heavy atom. The van der Waals surface area contributed by atoms with Gasteiger partial charge < -0.3 is 19.4 Å². The van der Waals surface area contributed by atoms with E-state index in [-0.39, 0.29) is 13.2 Å². The monoisotopic (exact) mass is 326 g/mol. The number of fused-ring (bicyclic) bond motifs is 1. The van der Waals surface area contributed by atoms with Crippen LogP contribution in [0.25, 0.3) is 22.1 Å². The van der Waals surface area contributed by atoms with Crippen molar-refractivity contribution in [2.24, 2.45) is 0 Å². The summed E-state index contributed by atoms with van der Waals surface area (Å²) in [6, 6.07) is 12.3. The third-order valence-electron chi connectivity index (χ3n) is 4.03. The Morgan fingerprint density at radius 3 is 2.42 bits per heavy atom. The van der Waals surface area contributed by atoms with Crippen LogP contribution < -0.4 is 5.63 Å². The second-order valence-electron chi connectivity index (χ2n) is 5.51. The number of methoxy groups -OCH3 is 1. The third-order valence-corrected chi connectivity index (χ3v) is 4.03. The van der Waals surface area contributed by atoms with Crippen LogP contribution in [0, 0.1) is 0 Å². The lowest BCUT2D eigenvalue weighted by molar-refractivity contribution is 0.182. The van der Waals surface area contributed by atoms with E-state index < -0.39 is 5.63 Å². The maximum Gasteiger partial charge on any atom is 0.344 e. The minimum absolute atomic E-state index is 0.0511. The van der Waals surface area contributed by atoms with Crippen LogP contribution in [0.1, 0.15) is 16.7 Å². The summed E-state index contributed by atoms with van der Waals surface area (Å²) in [6.45, 7) is 0.141. The molecule has 0 atom stereocenters. The lowest BCUT2D eigenvalue weighted by Crippen LogP contribution is -2.05. The molecule has 3 aromatic rings. The third kappa shape index (κ3) is 2.97. The second-order valence-corrected chi connectivity index (χ2v) is 5.51. The number of aliphatic hydroxyl groups excluding tert-OH is 2. The van der Waals surface area contributed by atoms with Gasteiger partial charge in [0, 0.05) is 12.5 Å². The van der Waals surface area contributed by atoms with Crippen molar-refractivity contribution in [2.45, 2.75) is 19.8 Å². The molecule has 24 heavy (non-hydrogen) atoms. The fourth-order valence-corrected chi connectivity index (χ4v) is 2.75. The summed E-state index contributed by atoms with van der Waals surface area (Å²) in [5, 5.41) is 19.4. The molecule has 0 fully saturated rings. The maximum absolute atomic E-state index is 12.3. The van der Waals surface area contributed by atoms with Crippen molar-refractivity contribution < 1.29 is 19.4 Å². The molecule has 0 saturated carbocycles. The predicted molar refractivity (Wildman–Crippen MR) is 90.5 cm³/mol. The second kappa shape index (κ2) is 6.97. The molecule has 0 spiro atoms. The summed E-state index contributed by atoms with van der Waals surface area (Å²) in [5.41, 5.74) is 3.47. The summed E-state index contributed by atoms with van der Waals surface area (Å²) in [7, 11) is 1.58. The van der Waals surface area contributed by atoms with E-state index in [1.807, 2.05) is 0 Å². The summed E-state index contributed by atoms with van der Waals surface area (Å²) in [5.74, 6) is 0. The van der Waals surface area contributed by atoms with E-state index in [0.717, 1.165) is 22.1 Å². The number of benzene rings is 2. The van der Waals surface area contributed by atoms with Gasteiger partial charge >= 0.3 is 5.63 Å². The smallest absolute Gasteiger partial charge is 0.344 e. The molecule has 0 aliphatic carbocycles. The van der Waals surface area contributed by atoms with Gasteiger partial charge in [0.15, 0.2) is 0 Å². The highest BCUT2D eigenvalue weighted by atomic mass is 16.5. The number of ether oxygens (including phenoxy) is 1. The molecule has 5 heteroatoms. The molecular formula is C19H18O5. The van der Waals surface area contributed by atoms with Gasteiger partial charge in [0.2, 0.25) is 0 Å². The van der Waals surface area contributed by atoms with E-state index in [1.54, 1.807) is 49.6 Å². The van der Waals surface area contributed by atoms with Crippen LogP contribution in [0.3, 0.4) is 0 Å². The Labute approximate surface area is 138 Å². The Morgan fingerprint density at radius 1 is 1.04 bits per heavy atom. The first kappa shape index (κ1) is 16.4. The van der Waals surface area contributed by atoms with Crippen molar-refractivity contribution in [3.63, 3.8) is 0 Å². The molecule has 3 rings (SSSR count). The maximum atomic E-state index is 12.3. The summed E-state index contributed by atoms with van der Waals surface area (Å²) in [6.07, 6.45) is 0. The molecule has 0 unspecified atom stereocenters. The van der Waals surface area contributed by atoms with Gasteiger partial charge in [-0.1, -0.05) is 30.3 Å². The number of aliphatic hydroxyl groups is 2. The average molecular weight is 326 g/mol. The van der Waals surface area contributed by atoms with Crippen molar-refractivity contribution in [1.82, 2.24) is 0 Å². The largest absolute Gasteiger partial charge is 0.422 e. The number of hydrogen-bond donors (Lipinski definition) is 2. The Kier molecular flexibility index (Phi) is 4.76. The van der Waals surface area contributed by atoms with Gasteiger partial charge in [0.05, 0.1) is 25.4 Å². The van der Waals surface area contributed by atoms with Crippen LogP contribution in [-0.4, -0.2) is 17.3 Å². The lowest BCUT2D eigenvalue weighted by Gasteiger charge is -2.11. The molecule has 0 radical (unpaired) electrons. The first-order valence-electron chi connectivity index (χ1n) is 7.56. The van der Waals surface area contributed by atoms with Crippen molar-refractivity contribution in [2.75, 3.05) is 7.11 Å². The van der Waals surface area contributed by atoms with Gasteiger partial charge in [0.1, 0.15) is 5.58 Å². The molecule has 2 aromatic carbocycles. The number of rotatable bonds is 5. The van der Waals surface area contributed by atoms with Crippen LogP contribution in [-0.2, 0) is 24.6 Å². The molecule has 0 saturated heterocycles. The molecule has 0 aliphatic heterocycles. The van der Waals surface area contributed by atoms with E-state index in [2.05, 4.69) is 0 Å². The first-order valence-corrected chi connectivity index (χ1v) is 7.56. The van der Waals surface area contributed by atoms with E-state index >= 15 is 0 Å². The summed E-state index contributed by atoms with van der Waals surface area (Å²) in [4.78, 5) is 12.3. The molecule has 1 aromatic heterocycles. The van der Waals surface area contributed by atoms with Crippen molar-refractivity contribution in [1.29, 1.82) is 0 Å². The predicted octanol–water partition coefficient (Wildman–Crippen LogP) is 2.59. The van der Waals surface area contributed by atoms with Crippen LogP contribution in [0.5, 0.6) is 0 Å². The highest BCUT2D eigenvalue weighted by Gasteiger charge is 2.13. The van der Waals surface area contributed by atoms with Gasteiger partial charge in [-0.15, -0.1) is 0 Å². The molecule has 0 bridgehead atoms.